The number of hydrogen-bond acceptors (Lipinski definition) is 2. The van der Waals surface area contributed by atoms with E-state index in [1.165, 1.54) is 24.6 Å². The molecule has 2 aromatic rings. The van der Waals surface area contributed by atoms with Crippen LogP contribution in [0.4, 0.5) is 0 Å². The van der Waals surface area contributed by atoms with Crippen molar-refractivity contribution in [2.75, 3.05) is 19.6 Å². The highest BCUT2D eigenvalue weighted by molar-refractivity contribution is 5.90. The van der Waals surface area contributed by atoms with E-state index in [-0.39, 0.29) is 0 Å². The van der Waals surface area contributed by atoms with E-state index >= 15 is 0 Å². The van der Waals surface area contributed by atoms with E-state index in [1.54, 1.807) is 0 Å². The second-order valence-electron chi connectivity index (χ2n) is 5.41. The first kappa shape index (κ1) is 12.4. The van der Waals surface area contributed by atoms with Crippen molar-refractivity contribution >= 4 is 16.7 Å². The molecule has 0 aliphatic carbocycles. The lowest BCUT2D eigenvalue weighted by Crippen LogP contribution is -2.34. The maximum Gasteiger partial charge on any atom is 0.151 e. The van der Waals surface area contributed by atoms with Gasteiger partial charge in [-0.15, -0.1) is 0 Å². The molecule has 3 nitrogen and oxygen atoms in total. The summed E-state index contributed by atoms with van der Waals surface area (Å²) in [5.74, 6) is 0.326. The fourth-order valence-electron chi connectivity index (χ4n) is 2.91. The Balaban J connectivity index is 1.65. The predicted molar refractivity (Wildman–Crippen MR) is 77.3 cm³/mol. The molecule has 2 heterocycles. The molecule has 1 N–H and O–H groups in total. The summed E-state index contributed by atoms with van der Waals surface area (Å²) < 4.78 is 0. The zero-order chi connectivity index (χ0) is 13.1. The number of likely N-dealkylation sites (tertiary alicyclic amines) is 1. The second-order valence-corrected chi connectivity index (χ2v) is 5.41. The van der Waals surface area contributed by atoms with E-state index in [2.05, 4.69) is 16.0 Å². The van der Waals surface area contributed by atoms with Gasteiger partial charge >= 0.3 is 0 Å². The first-order chi connectivity index (χ1) is 9.33. The molecular weight excluding hydrogens is 236 g/mol. The molecule has 3 rings (SSSR count). The van der Waals surface area contributed by atoms with E-state index in [9.17, 15) is 4.79 Å². The number of nitrogens with one attached hydrogen (secondary N) is 1. The number of hydrogen-bond donors (Lipinski definition) is 1. The maximum atomic E-state index is 12.2. The van der Waals surface area contributed by atoms with E-state index in [4.69, 9.17) is 0 Å². The summed E-state index contributed by atoms with van der Waals surface area (Å²) in [6.07, 6.45) is 6.30. The van der Waals surface area contributed by atoms with Gasteiger partial charge in [-0.1, -0.05) is 24.6 Å². The number of fused-ring (bicyclic) bond motifs is 1. The summed E-state index contributed by atoms with van der Waals surface area (Å²) in [6, 6.07) is 8.16. The Kier molecular flexibility index (Phi) is 3.65. The number of aromatic nitrogens is 1. The van der Waals surface area contributed by atoms with Crippen molar-refractivity contribution in [2.24, 2.45) is 0 Å². The predicted octanol–water partition coefficient (Wildman–Crippen LogP) is 2.77. The normalized spacial score (nSPS) is 16.8. The van der Waals surface area contributed by atoms with Crippen LogP contribution in [0.3, 0.4) is 0 Å². The van der Waals surface area contributed by atoms with E-state index in [0.29, 0.717) is 18.7 Å². The lowest BCUT2D eigenvalue weighted by Gasteiger charge is -2.25. The Hall–Kier alpha value is -1.61. The average Bonchev–Trinajstić information content (AvgIpc) is 2.83. The third kappa shape index (κ3) is 2.87. The van der Waals surface area contributed by atoms with Gasteiger partial charge < -0.3 is 4.98 Å². The van der Waals surface area contributed by atoms with Crippen LogP contribution in [-0.2, 0) is 11.2 Å². The third-order valence-corrected chi connectivity index (χ3v) is 3.91. The van der Waals surface area contributed by atoms with Crippen LogP contribution in [0, 0.1) is 0 Å². The monoisotopic (exact) mass is 256 g/mol. The van der Waals surface area contributed by atoms with Crippen LogP contribution in [0.2, 0.25) is 0 Å². The number of carbonyl (C=O) groups is 1. The van der Waals surface area contributed by atoms with Crippen LogP contribution < -0.4 is 0 Å². The standard InChI is InChI=1S/C16H20N2O/c19-14(12-18-8-4-1-5-9-18)10-13-11-17-16-7-3-2-6-15(13)16/h2-3,6-7,11,17H,1,4-5,8-10,12H2. The average molecular weight is 256 g/mol. The second kappa shape index (κ2) is 5.57. The molecule has 1 aromatic carbocycles. The largest absolute Gasteiger partial charge is 0.361 e. The minimum Gasteiger partial charge on any atom is -0.361 e. The summed E-state index contributed by atoms with van der Waals surface area (Å²) >= 11 is 0. The molecule has 0 unspecified atom stereocenters. The fraction of sp³-hybridized carbons (Fsp3) is 0.438. The molecule has 1 aliphatic heterocycles. The van der Waals surface area contributed by atoms with Crippen LogP contribution in [0.25, 0.3) is 10.9 Å². The molecular formula is C16H20N2O. The van der Waals surface area contributed by atoms with Gasteiger partial charge in [0.05, 0.1) is 6.54 Å². The number of aromatic amines is 1. The number of H-pyrrole nitrogens is 1. The molecule has 1 saturated heterocycles. The topological polar surface area (TPSA) is 36.1 Å². The zero-order valence-electron chi connectivity index (χ0n) is 11.2. The van der Waals surface area contributed by atoms with Gasteiger partial charge in [-0.2, -0.15) is 0 Å². The molecule has 1 aromatic heterocycles. The van der Waals surface area contributed by atoms with Crippen LogP contribution in [0.5, 0.6) is 0 Å². The van der Waals surface area contributed by atoms with Gasteiger partial charge in [0.25, 0.3) is 0 Å². The number of rotatable bonds is 4. The number of Topliss-reactive ketones (excluding diaryl/α,β-unsaturated/α-hetero) is 1. The molecule has 19 heavy (non-hydrogen) atoms. The molecule has 0 amide bonds. The number of benzene rings is 1. The van der Waals surface area contributed by atoms with E-state index in [0.717, 1.165) is 24.2 Å². The van der Waals surface area contributed by atoms with Crippen LogP contribution >= 0.6 is 0 Å². The minimum atomic E-state index is 0.326. The molecule has 3 heteroatoms. The maximum absolute atomic E-state index is 12.2. The van der Waals surface area contributed by atoms with Crippen molar-refractivity contribution in [1.29, 1.82) is 0 Å². The SMILES string of the molecule is O=C(Cc1c[nH]c2ccccc12)CN1CCCCC1. The Labute approximate surface area is 113 Å². The van der Waals surface area contributed by atoms with Gasteiger partial charge in [-0.05, 0) is 37.6 Å². The van der Waals surface area contributed by atoms with Crippen molar-refractivity contribution < 1.29 is 4.79 Å². The molecule has 0 bridgehead atoms. The Morgan fingerprint density at radius 2 is 1.95 bits per heavy atom. The molecule has 0 atom stereocenters. The van der Waals surface area contributed by atoms with Gasteiger partial charge in [0, 0.05) is 23.5 Å². The van der Waals surface area contributed by atoms with Crippen molar-refractivity contribution in [3.8, 4) is 0 Å². The third-order valence-electron chi connectivity index (χ3n) is 3.91. The molecule has 1 fully saturated rings. The number of ketones is 1. The summed E-state index contributed by atoms with van der Waals surface area (Å²) in [7, 11) is 0. The number of carbonyl (C=O) groups excluding carboxylic acids is 1. The fourth-order valence-corrected chi connectivity index (χ4v) is 2.91. The van der Waals surface area contributed by atoms with Crippen molar-refractivity contribution in [2.45, 2.75) is 25.7 Å². The molecule has 100 valence electrons. The highest BCUT2D eigenvalue weighted by Crippen LogP contribution is 2.18. The lowest BCUT2D eigenvalue weighted by molar-refractivity contribution is -0.119. The minimum absolute atomic E-state index is 0.326. The Morgan fingerprint density at radius 1 is 1.16 bits per heavy atom. The van der Waals surface area contributed by atoms with Gasteiger partial charge in [0.1, 0.15) is 0 Å². The highest BCUT2D eigenvalue weighted by Gasteiger charge is 2.15. The van der Waals surface area contributed by atoms with Gasteiger partial charge in [0.2, 0.25) is 0 Å². The summed E-state index contributed by atoms with van der Waals surface area (Å²) in [4.78, 5) is 17.7. The van der Waals surface area contributed by atoms with Crippen molar-refractivity contribution in [3.05, 3.63) is 36.0 Å². The lowest BCUT2D eigenvalue weighted by atomic mass is 10.1. The van der Waals surface area contributed by atoms with Crippen LogP contribution in [-0.4, -0.2) is 35.3 Å². The molecule has 0 saturated carbocycles. The Bertz CT molecular complexity index is 567. The van der Waals surface area contributed by atoms with Crippen LogP contribution in [0.15, 0.2) is 30.5 Å². The first-order valence-corrected chi connectivity index (χ1v) is 7.12. The van der Waals surface area contributed by atoms with E-state index in [1.807, 2.05) is 24.4 Å². The first-order valence-electron chi connectivity index (χ1n) is 7.12. The zero-order valence-corrected chi connectivity index (χ0v) is 11.2. The van der Waals surface area contributed by atoms with Crippen LogP contribution in [0.1, 0.15) is 24.8 Å². The highest BCUT2D eigenvalue weighted by atomic mass is 16.1. The summed E-state index contributed by atoms with van der Waals surface area (Å²) in [6.45, 7) is 2.78. The quantitative estimate of drug-likeness (QED) is 0.913. The smallest absolute Gasteiger partial charge is 0.151 e. The van der Waals surface area contributed by atoms with Gasteiger partial charge in [-0.25, -0.2) is 0 Å². The van der Waals surface area contributed by atoms with Crippen molar-refractivity contribution in [3.63, 3.8) is 0 Å². The number of piperidine rings is 1. The summed E-state index contributed by atoms with van der Waals surface area (Å²) in [5.41, 5.74) is 2.24. The molecule has 0 radical (unpaired) electrons. The van der Waals surface area contributed by atoms with Gasteiger partial charge in [-0.3, -0.25) is 9.69 Å². The number of nitrogens with zero attached hydrogens (tertiary/aromatic N) is 1. The molecule has 0 spiro atoms. The molecule has 1 aliphatic rings. The summed E-state index contributed by atoms with van der Waals surface area (Å²) in [5, 5.41) is 1.18. The number of para-hydroxylation sites is 1. The Morgan fingerprint density at radius 3 is 2.79 bits per heavy atom. The van der Waals surface area contributed by atoms with Gasteiger partial charge in [0.15, 0.2) is 5.78 Å². The van der Waals surface area contributed by atoms with E-state index < -0.39 is 0 Å². The van der Waals surface area contributed by atoms with Crippen molar-refractivity contribution in [1.82, 2.24) is 9.88 Å².